The van der Waals surface area contributed by atoms with E-state index in [9.17, 15) is 14.9 Å². The molecule has 1 aromatic heterocycles. The summed E-state index contributed by atoms with van der Waals surface area (Å²) in [6.45, 7) is 1.77. The fraction of sp³-hybridized carbons (Fsp3) is 0.100. The first-order chi connectivity index (χ1) is 8.58. The summed E-state index contributed by atoms with van der Waals surface area (Å²) in [5.74, 6) is -0.558. The maximum Gasteiger partial charge on any atom is 0.292 e. The van der Waals surface area contributed by atoms with Gasteiger partial charge in [-0.3, -0.25) is 14.9 Å². The molecule has 8 nitrogen and oxygen atoms in total. The molecular weight excluding hydrogens is 238 g/mol. The van der Waals surface area contributed by atoms with Crippen molar-refractivity contribution < 1.29 is 9.72 Å². The third-order valence-corrected chi connectivity index (χ3v) is 2.24. The third kappa shape index (κ3) is 2.32. The molecule has 0 atom stereocenters. The Labute approximate surface area is 101 Å². The molecule has 92 valence electrons. The van der Waals surface area contributed by atoms with Crippen LogP contribution in [-0.2, 0) is 0 Å². The molecule has 0 fully saturated rings. The number of hydrogen-bond donors (Lipinski definition) is 2. The number of aromatic amines is 1. The van der Waals surface area contributed by atoms with Gasteiger partial charge >= 0.3 is 0 Å². The minimum atomic E-state index is -0.558. The van der Waals surface area contributed by atoms with Crippen LogP contribution in [0.1, 0.15) is 16.1 Å². The predicted molar refractivity (Wildman–Crippen MR) is 62.2 cm³/mol. The van der Waals surface area contributed by atoms with Crippen LogP contribution in [0.3, 0.4) is 0 Å². The van der Waals surface area contributed by atoms with Gasteiger partial charge in [-0.25, -0.2) is 0 Å². The maximum atomic E-state index is 11.7. The Morgan fingerprint density at radius 3 is 2.89 bits per heavy atom. The van der Waals surface area contributed by atoms with Gasteiger partial charge < -0.3 is 5.32 Å². The molecule has 0 aliphatic heterocycles. The average Bonchev–Trinajstić information content (AvgIpc) is 2.81. The quantitative estimate of drug-likeness (QED) is 0.626. The molecule has 0 radical (unpaired) electrons. The monoisotopic (exact) mass is 247 g/mol. The number of aromatic nitrogens is 3. The van der Waals surface area contributed by atoms with E-state index in [2.05, 4.69) is 20.7 Å². The minimum Gasteiger partial charge on any atom is -0.315 e. The van der Waals surface area contributed by atoms with Crippen molar-refractivity contribution in [2.24, 2.45) is 0 Å². The van der Waals surface area contributed by atoms with E-state index in [1.54, 1.807) is 13.0 Å². The molecule has 0 spiro atoms. The SMILES string of the molecule is Cc1ccc([N+](=O)[O-])c(NC(=O)c2cn[nH]n2)c1. The highest BCUT2D eigenvalue weighted by molar-refractivity contribution is 6.03. The van der Waals surface area contributed by atoms with Gasteiger partial charge in [0.15, 0.2) is 5.69 Å². The van der Waals surface area contributed by atoms with E-state index < -0.39 is 10.8 Å². The summed E-state index contributed by atoms with van der Waals surface area (Å²) in [5, 5.41) is 22.6. The average molecular weight is 247 g/mol. The van der Waals surface area contributed by atoms with Gasteiger partial charge in [0, 0.05) is 6.07 Å². The summed E-state index contributed by atoms with van der Waals surface area (Å²) in [6.07, 6.45) is 1.23. The lowest BCUT2D eigenvalue weighted by atomic mass is 10.2. The molecule has 8 heteroatoms. The Kier molecular flexibility index (Phi) is 3.00. The first-order valence-electron chi connectivity index (χ1n) is 5.00. The normalized spacial score (nSPS) is 10.1. The highest BCUT2D eigenvalue weighted by Gasteiger charge is 2.17. The van der Waals surface area contributed by atoms with E-state index in [1.165, 1.54) is 18.3 Å². The number of carbonyl (C=O) groups excluding carboxylic acids is 1. The Morgan fingerprint density at radius 1 is 1.50 bits per heavy atom. The second kappa shape index (κ2) is 4.62. The van der Waals surface area contributed by atoms with E-state index >= 15 is 0 Å². The van der Waals surface area contributed by atoms with Crippen LogP contribution in [0, 0.1) is 17.0 Å². The van der Waals surface area contributed by atoms with E-state index in [0.717, 1.165) is 5.56 Å². The van der Waals surface area contributed by atoms with Crippen molar-refractivity contribution in [3.8, 4) is 0 Å². The van der Waals surface area contributed by atoms with Crippen molar-refractivity contribution in [3.05, 3.63) is 45.8 Å². The van der Waals surface area contributed by atoms with E-state index in [1.807, 2.05) is 0 Å². The smallest absolute Gasteiger partial charge is 0.292 e. The fourth-order valence-electron chi connectivity index (χ4n) is 1.41. The van der Waals surface area contributed by atoms with Crippen LogP contribution < -0.4 is 5.32 Å². The van der Waals surface area contributed by atoms with Gasteiger partial charge in [0.05, 0.1) is 11.1 Å². The number of hydrogen-bond acceptors (Lipinski definition) is 5. The first kappa shape index (κ1) is 11.7. The molecule has 1 amide bonds. The van der Waals surface area contributed by atoms with Gasteiger partial charge in [0.25, 0.3) is 11.6 Å². The molecule has 0 saturated heterocycles. The van der Waals surface area contributed by atoms with Gasteiger partial charge in [-0.1, -0.05) is 6.07 Å². The highest BCUT2D eigenvalue weighted by Crippen LogP contribution is 2.25. The van der Waals surface area contributed by atoms with Crippen molar-refractivity contribution in [1.82, 2.24) is 15.4 Å². The van der Waals surface area contributed by atoms with Crippen LogP contribution in [0.2, 0.25) is 0 Å². The molecule has 2 rings (SSSR count). The van der Waals surface area contributed by atoms with Crippen LogP contribution in [0.15, 0.2) is 24.4 Å². The van der Waals surface area contributed by atoms with Crippen LogP contribution in [0.5, 0.6) is 0 Å². The van der Waals surface area contributed by atoms with E-state index in [4.69, 9.17) is 0 Å². The summed E-state index contributed by atoms with van der Waals surface area (Å²) in [7, 11) is 0. The third-order valence-electron chi connectivity index (χ3n) is 2.24. The Balaban J connectivity index is 2.31. The van der Waals surface area contributed by atoms with Crippen molar-refractivity contribution in [1.29, 1.82) is 0 Å². The number of rotatable bonds is 3. The molecule has 1 aromatic carbocycles. The Morgan fingerprint density at radius 2 is 2.28 bits per heavy atom. The molecule has 2 aromatic rings. The molecule has 18 heavy (non-hydrogen) atoms. The number of anilines is 1. The largest absolute Gasteiger partial charge is 0.315 e. The summed E-state index contributed by atoms with van der Waals surface area (Å²) in [4.78, 5) is 22.0. The summed E-state index contributed by atoms with van der Waals surface area (Å²) >= 11 is 0. The molecule has 0 aliphatic carbocycles. The van der Waals surface area contributed by atoms with Crippen LogP contribution in [0.25, 0.3) is 0 Å². The van der Waals surface area contributed by atoms with Gasteiger partial charge in [0.1, 0.15) is 5.69 Å². The number of amides is 1. The van der Waals surface area contributed by atoms with Crippen LogP contribution >= 0.6 is 0 Å². The number of carbonyl (C=O) groups is 1. The van der Waals surface area contributed by atoms with Crippen molar-refractivity contribution in [2.75, 3.05) is 5.32 Å². The number of benzene rings is 1. The standard InChI is InChI=1S/C10H9N5O3/c1-6-2-3-9(15(17)18)7(4-6)12-10(16)8-5-11-14-13-8/h2-5H,1H3,(H,12,16)(H,11,13,14). The molecule has 0 unspecified atom stereocenters. The second-order valence-electron chi connectivity index (χ2n) is 3.59. The molecule has 2 N–H and O–H groups in total. The molecular formula is C10H9N5O3. The lowest BCUT2D eigenvalue weighted by Gasteiger charge is -2.05. The van der Waals surface area contributed by atoms with E-state index in [-0.39, 0.29) is 17.1 Å². The lowest BCUT2D eigenvalue weighted by molar-refractivity contribution is -0.383. The zero-order valence-corrected chi connectivity index (χ0v) is 9.38. The Bertz CT molecular complexity index is 594. The lowest BCUT2D eigenvalue weighted by Crippen LogP contribution is -2.13. The highest BCUT2D eigenvalue weighted by atomic mass is 16.6. The van der Waals surface area contributed by atoms with Gasteiger partial charge in [-0.2, -0.15) is 15.4 Å². The summed E-state index contributed by atoms with van der Waals surface area (Å²) < 4.78 is 0. The molecule has 1 heterocycles. The van der Waals surface area contributed by atoms with Crippen molar-refractivity contribution >= 4 is 17.3 Å². The zero-order chi connectivity index (χ0) is 13.1. The zero-order valence-electron chi connectivity index (χ0n) is 9.38. The summed E-state index contributed by atoms with van der Waals surface area (Å²) in [6, 6.07) is 4.47. The first-order valence-corrected chi connectivity index (χ1v) is 5.00. The predicted octanol–water partition coefficient (Wildman–Crippen LogP) is 1.27. The van der Waals surface area contributed by atoms with Crippen LogP contribution in [0.4, 0.5) is 11.4 Å². The summed E-state index contributed by atoms with van der Waals surface area (Å²) in [5.41, 5.74) is 0.826. The minimum absolute atomic E-state index is 0.0609. The topological polar surface area (TPSA) is 114 Å². The number of nitro groups is 1. The van der Waals surface area contributed by atoms with E-state index in [0.29, 0.717) is 0 Å². The number of aryl methyl sites for hydroxylation is 1. The maximum absolute atomic E-state index is 11.7. The van der Waals surface area contributed by atoms with Crippen molar-refractivity contribution in [3.63, 3.8) is 0 Å². The number of H-pyrrole nitrogens is 1. The molecule has 0 aliphatic rings. The molecule has 0 bridgehead atoms. The van der Waals surface area contributed by atoms with Crippen molar-refractivity contribution in [2.45, 2.75) is 6.92 Å². The van der Waals surface area contributed by atoms with Crippen LogP contribution in [-0.4, -0.2) is 26.2 Å². The fourth-order valence-corrected chi connectivity index (χ4v) is 1.41. The number of nitrogens with zero attached hydrogens (tertiary/aromatic N) is 3. The number of nitro benzene ring substituents is 1. The van der Waals surface area contributed by atoms with Gasteiger partial charge in [-0.05, 0) is 18.6 Å². The van der Waals surface area contributed by atoms with Gasteiger partial charge in [0.2, 0.25) is 0 Å². The van der Waals surface area contributed by atoms with Gasteiger partial charge in [-0.15, -0.1) is 0 Å². The molecule has 0 saturated carbocycles. The Hall–Kier alpha value is -2.77. The number of nitrogens with one attached hydrogen (secondary N) is 2. The second-order valence-corrected chi connectivity index (χ2v) is 3.59.